The molecule has 0 spiro atoms. The highest BCUT2D eigenvalue weighted by atomic mass is 32.2. The molecule has 4 fully saturated rings. The lowest BCUT2D eigenvalue weighted by atomic mass is 9.44. The van der Waals surface area contributed by atoms with Gasteiger partial charge in [-0.05, 0) is 104 Å². The van der Waals surface area contributed by atoms with E-state index in [1.165, 1.54) is 0 Å². The quantitative estimate of drug-likeness (QED) is 0.459. The second-order valence-corrected chi connectivity index (χ2v) is 14.1. The van der Waals surface area contributed by atoms with Gasteiger partial charge in [0.1, 0.15) is 12.3 Å². The van der Waals surface area contributed by atoms with Gasteiger partial charge in [0.05, 0.1) is 5.75 Å². The molecule has 0 heterocycles. The Morgan fingerprint density at radius 2 is 1.74 bits per heavy atom. The van der Waals surface area contributed by atoms with Crippen LogP contribution in [0.4, 0.5) is 8.78 Å². The van der Waals surface area contributed by atoms with Gasteiger partial charge in [-0.3, -0.25) is 9.35 Å². The summed E-state index contributed by atoms with van der Waals surface area (Å²) in [6, 6.07) is 0. The molecule has 5 nitrogen and oxygen atoms in total. The number of alkyl halides is 2. The average Bonchev–Trinajstić information content (AvgIpc) is 3.09. The van der Waals surface area contributed by atoms with E-state index in [1.807, 2.05) is 0 Å². The molecule has 0 aromatic rings. The Hall–Kier alpha value is -0.760. The minimum absolute atomic E-state index is 0.0705. The first-order valence-electron chi connectivity index (χ1n) is 13.3. The predicted molar refractivity (Wildman–Crippen MR) is 128 cm³/mol. The summed E-state index contributed by atoms with van der Waals surface area (Å²) in [6.07, 6.45) is 6.24. The van der Waals surface area contributed by atoms with Crippen LogP contribution in [0.5, 0.6) is 0 Å². The largest absolute Gasteiger partial charge is 0.355 e. The number of hydrogen-bond acceptors (Lipinski definition) is 3. The maximum Gasteiger partial charge on any atom is 0.266 e. The van der Waals surface area contributed by atoms with Gasteiger partial charge in [0.25, 0.3) is 10.1 Å². The molecule has 4 rings (SSSR count). The number of halogens is 2. The molecule has 8 heteroatoms. The first kappa shape index (κ1) is 26.3. The summed E-state index contributed by atoms with van der Waals surface area (Å²) in [5, 5.41) is 2.57. The molecule has 0 aromatic carbocycles. The van der Waals surface area contributed by atoms with Crippen molar-refractivity contribution in [3.8, 4) is 0 Å². The molecule has 10 atom stereocenters. The molecule has 2 N–H and O–H groups in total. The minimum atomic E-state index is -4.08. The summed E-state index contributed by atoms with van der Waals surface area (Å²) in [4.78, 5) is 12.2. The van der Waals surface area contributed by atoms with E-state index >= 15 is 4.39 Å². The number of nitrogens with one attached hydrogen (secondary N) is 1. The number of fused-ring (bicyclic) bond motifs is 5. The summed E-state index contributed by atoms with van der Waals surface area (Å²) < 4.78 is 60.3. The zero-order chi connectivity index (χ0) is 24.9. The number of amides is 1. The topological polar surface area (TPSA) is 83.5 Å². The number of hydrogen-bond donors (Lipinski definition) is 2. The van der Waals surface area contributed by atoms with Crippen LogP contribution in [0.25, 0.3) is 0 Å². The zero-order valence-electron chi connectivity index (χ0n) is 20.9. The Bertz CT molecular complexity index is 869. The van der Waals surface area contributed by atoms with E-state index in [-0.39, 0.29) is 35.1 Å². The van der Waals surface area contributed by atoms with E-state index in [4.69, 9.17) is 4.55 Å². The van der Waals surface area contributed by atoms with E-state index in [9.17, 15) is 17.6 Å². The second-order valence-electron chi connectivity index (χ2n) is 12.5. The van der Waals surface area contributed by atoms with Crippen LogP contribution in [-0.4, -0.2) is 43.5 Å². The van der Waals surface area contributed by atoms with E-state index < -0.39 is 28.2 Å². The Balaban J connectivity index is 1.39. The van der Waals surface area contributed by atoms with Crippen molar-refractivity contribution in [2.75, 3.05) is 12.3 Å². The van der Waals surface area contributed by atoms with Crippen LogP contribution in [0.15, 0.2) is 0 Å². The summed E-state index contributed by atoms with van der Waals surface area (Å²) in [6.45, 7) is 6.79. The number of rotatable bonds is 7. The second kappa shape index (κ2) is 9.60. The molecule has 0 aromatic heterocycles. The molecule has 0 bridgehead atoms. The van der Waals surface area contributed by atoms with Gasteiger partial charge < -0.3 is 5.32 Å². The van der Waals surface area contributed by atoms with E-state index in [2.05, 4.69) is 26.1 Å². The van der Waals surface area contributed by atoms with Gasteiger partial charge in [0.15, 0.2) is 0 Å². The lowest BCUT2D eigenvalue weighted by Crippen LogP contribution is -2.57. The zero-order valence-corrected chi connectivity index (χ0v) is 21.8. The lowest BCUT2D eigenvalue weighted by Gasteiger charge is -2.61. The van der Waals surface area contributed by atoms with Crippen LogP contribution in [-0.2, 0) is 14.9 Å². The summed E-state index contributed by atoms with van der Waals surface area (Å²) in [5.41, 5.74) is 0.147. The van der Waals surface area contributed by atoms with Gasteiger partial charge in [-0.15, -0.1) is 0 Å². The first-order valence-corrected chi connectivity index (χ1v) is 15.0. The normalized spacial score (nSPS) is 45.1. The molecule has 0 radical (unpaired) electrons. The molecule has 4 saturated carbocycles. The van der Waals surface area contributed by atoms with Gasteiger partial charge in [0, 0.05) is 13.0 Å². The van der Waals surface area contributed by atoms with E-state index in [0.29, 0.717) is 49.4 Å². The van der Waals surface area contributed by atoms with Crippen molar-refractivity contribution in [2.45, 2.75) is 97.3 Å². The molecule has 196 valence electrons. The Kier molecular flexibility index (Phi) is 7.43. The third-order valence-electron chi connectivity index (χ3n) is 10.8. The molecule has 0 saturated heterocycles. The van der Waals surface area contributed by atoms with Gasteiger partial charge in [-0.1, -0.05) is 20.8 Å². The van der Waals surface area contributed by atoms with Crippen LogP contribution in [0.3, 0.4) is 0 Å². The highest BCUT2D eigenvalue weighted by Crippen LogP contribution is 2.68. The third-order valence-corrected chi connectivity index (χ3v) is 11.6. The van der Waals surface area contributed by atoms with Crippen molar-refractivity contribution >= 4 is 16.0 Å². The molecular weight excluding hydrogens is 460 g/mol. The average molecular weight is 504 g/mol. The molecular formula is C26H43F2NO4S. The monoisotopic (exact) mass is 503 g/mol. The van der Waals surface area contributed by atoms with Crippen LogP contribution >= 0.6 is 0 Å². The van der Waals surface area contributed by atoms with Crippen molar-refractivity contribution < 1.29 is 26.5 Å². The standard InChI is InChI=1S/C26H43F2NO4S/c1-16(4-7-23(30)29-12-13-34(31,32)33)19-5-6-20-24-21(9-11-26(19,20)3)25(2)10-8-18(27)14-17(25)15-22(24)28/h16-22,24H,4-15H2,1-3H3,(H,29,30)(H,31,32,33)/t16-,17?,18-,19-,20+,21+,22+,24+,25+,26-/m1/s1. The number of carbonyl (C=O) groups excluding carboxylic acids is 1. The minimum Gasteiger partial charge on any atom is -0.355 e. The van der Waals surface area contributed by atoms with Crippen molar-refractivity contribution in [2.24, 2.45) is 46.3 Å². The summed E-state index contributed by atoms with van der Waals surface area (Å²) >= 11 is 0. The fraction of sp³-hybridized carbons (Fsp3) is 0.962. The molecule has 4 aliphatic carbocycles. The van der Waals surface area contributed by atoms with Gasteiger partial charge in [0.2, 0.25) is 5.91 Å². The first-order chi connectivity index (χ1) is 15.8. The summed E-state index contributed by atoms with van der Waals surface area (Å²) in [7, 11) is -4.08. The predicted octanol–water partition coefficient (Wildman–Crippen LogP) is 5.35. The van der Waals surface area contributed by atoms with Crippen molar-refractivity contribution in [3.63, 3.8) is 0 Å². The van der Waals surface area contributed by atoms with Crippen LogP contribution in [0.2, 0.25) is 0 Å². The Morgan fingerprint density at radius 3 is 2.44 bits per heavy atom. The highest BCUT2D eigenvalue weighted by Gasteiger charge is 2.63. The van der Waals surface area contributed by atoms with Gasteiger partial charge in [-0.25, -0.2) is 8.78 Å². The third kappa shape index (κ3) is 4.91. The smallest absolute Gasteiger partial charge is 0.266 e. The maximum atomic E-state index is 15.7. The van der Waals surface area contributed by atoms with Crippen molar-refractivity contribution in [3.05, 3.63) is 0 Å². The molecule has 34 heavy (non-hydrogen) atoms. The number of carbonyl (C=O) groups is 1. The fourth-order valence-corrected chi connectivity index (χ4v) is 9.42. The SMILES string of the molecule is C[C@H](CCC(=O)NCCS(=O)(=O)O)[C@H]1CC[C@H]2[C@@H]3[C@@H](F)CC4C[C@H](F)CC[C@]4(C)[C@H]3CC[C@]12C. The van der Waals surface area contributed by atoms with Gasteiger partial charge in [-0.2, -0.15) is 8.42 Å². The molecule has 0 aliphatic heterocycles. The van der Waals surface area contributed by atoms with Gasteiger partial charge >= 0.3 is 0 Å². The van der Waals surface area contributed by atoms with Crippen molar-refractivity contribution in [1.29, 1.82) is 0 Å². The van der Waals surface area contributed by atoms with Crippen LogP contribution in [0.1, 0.15) is 85.0 Å². The molecule has 1 amide bonds. The maximum absolute atomic E-state index is 15.7. The molecule has 4 aliphatic rings. The highest BCUT2D eigenvalue weighted by molar-refractivity contribution is 7.85. The molecule has 1 unspecified atom stereocenters. The van der Waals surface area contributed by atoms with Crippen LogP contribution in [0, 0.1) is 46.3 Å². The van der Waals surface area contributed by atoms with Crippen LogP contribution < -0.4 is 5.32 Å². The van der Waals surface area contributed by atoms with E-state index in [1.54, 1.807) is 0 Å². The fourth-order valence-electron chi connectivity index (χ4n) is 9.06. The Labute approximate surface area is 204 Å². The lowest BCUT2D eigenvalue weighted by molar-refractivity contribution is -0.152. The van der Waals surface area contributed by atoms with E-state index in [0.717, 1.165) is 38.5 Å². The Morgan fingerprint density at radius 1 is 1.06 bits per heavy atom. The van der Waals surface area contributed by atoms with Crippen molar-refractivity contribution in [1.82, 2.24) is 5.32 Å². The summed E-state index contributed by atoms with van der Waals surface area (Å²) in [5.74, 6) is 1.07.